The Kier molecular flexibility index (Phi) is 56.2. The van der Waals surface area contributed by atoms with Gasteiger partial charge in [0.25, 0.3) is 0 Å². The molecule has 0 fully saturated rings. The van der Waals surface area contributed by atoms with Crippen molar-refractivity contribution in [1.82, 2.24) is 0 Å². The van der Waals surface area contributed by atoms with Gasteiger partial charge in [0.05, 0.1) is 26.4 Å². The second-order valence-corrected chi connectivity index (χ2v) is 27.1. The summed E-state index contributed by atoms with van der Waals surface area (Å²) < 4.78 is 68.0. The first-order valence-electron chi connectivity index (χ1n) is 34.0. The van der Waals surface area contributed by atoms with Crippen molar-refractivity contribution in [3.05, 3.63) is 0 Å². The summed E-state index contributed by atoms with van der Waals surface area (Å²) in [6, 6.07) is 0. The zero-order chi connectivity index (χ0) is 62.2. The molecular formula is C65H126O17P2. The fourth-order valence-corrected chi connectivity index (χ4v) is 11.3. The fourth-order valence-electron chi connectivity index (χ4n) is 9.68. The van der Waals surface area contributed by atoms with Crippen molar-refractivity contribution >= 4 is 39.5 Å². The van der Waals surface area contributed by atoms with Gasteiger partial charge in [0.1, 0.15) is 19.3 Å². The van der Waals surface area contributed by atoms with E-state index < -0.39 is 97.5 Å². The minimum atomic E-state index is -4.95. The van der Waals surface area contributed by atoms with Crippen molar-refractivity contribution in [2.45, 2.75) is 342 Å². The van der Waals surface area contributed by atoms with E-state index in [9.17, 15) is 43.2 Å². The predicted molar refractivity (Wildman–Crippen MR) is 335 cm³/mol. The molecule has 0 spiro atoms. The van der Waals surface area contributed by atoms with Crippen LogP contribution in [0.2, 0.25) is 0 Å². The highest BCUT2D eigenvalue weighted by atomic mass is 31.2. The topological polar surface area (TPSA) is 237 Å². The highest BCUT2D eigenvalue weighted by Gasteiger charge is 2.30. The van der Waals surface area contributed by atoms with E-state index in [1.165, 1.54) is 135 Å². The highest BCUT2D eigenvalue weighted by Crippen LogP contribution is 2.45. The minimum absolute atomic E-state index is 0.102. The summed E-state index contributed by atoms with van der Waals surface area (Å²) in [5, 5.41) is 10.5. The molecule has 19 heteroatoms. The molecule has 498 valence electrons. The molecule has 0 aromatic carbocycles. The lowest BCUT2D eigenvalue weighted by atomic mass is 9.99. The van der Waals surface area contributed by atoms with Crippen LogP contribution in [0.4, 0.5) is 0 Å². The maximum atomic E-state index is 13.0. The molecule has 0 aliphatic heterocycles. The third kappa shape index (κ3) is 57.8. The minimum Gasteiger partial charge on any atom is -0.462 e. The van der Waals surface area contributed by atoms with Crippen molar-refractivity contribution in [2.24, 2.45) is 11.8 Å². The molecule has 0 amide bonds. The van der Waals surface area contributed by atoms with Crippen molar-refractivity contribution in [1.29, 1.82) is 0 Å². The largest absolute Gasteiger partial charge is 0.472 e. The normalized spacial score (nSPS) is 14.6. The Bertz CT molecular complexity index is 1650. The molecular weight excluding hydrogens is 1110 g/mol. The number of phosphoric acid groups is 2. The van der Waals surface area contributed by atoms with Crippen LogP contribution in [0, 0.1) is 11.8 Å². The number of phosphoric ester groups is 2. The Balaban J connectivity index is 5.23. The van der Waals surface area contributed by atoms with Gasteiger partial charge in [-0.05, 0) is 37.5 Å². The van der Waals surface area contributed by atoms with E-state index >= 15 is 0 Å². The number of aliphatic hydroxyl groups excluding tert-OH is 1. The summed E-state index contributed by atoms with van der Waals surface area (Å²) in [7, 11) is -9.89. The smallest absolute Gasteiger partial charge is 0.462 e. The van der Waals surface area contributed by atoms with Crippen LogP contribution in [0.3, 0.4) is 0 Å². The molecule has 0 aliphatic rings. The first-order chi connectivity index (χ1) is 40.4. The van der Waals surface area contributed by atoms with E-state index in [4.69, 9.17) is 37.0 Å². The Morgan fingerprint density at radius 3 is 0.905 bits per heavy atom. The van der Waals surface area contributed by atoms with Crippen molar-refractivity contribution in [3.63, 3.8) is 0 Å². The van der Waals surface area contributed by atoms with E-state index in [0.29, 0.717) is 31.6 Å². The van der Waals surface area contributed by atoms with Crippen LogP contribution in [0.5, 0.6) is 0 Å². The molecule has 0 radical (unpaired) electrons. The zero-order valence-corrected chi connectivity index (χ0v) is 56.0. The van der Waals surface area contributed by atoms with Crippen molar-refractivity contribution in [2.75, 3.05) is 39.6 Å². The third-order valence-corrected chi connectivity index (χ3v) is 17.2. The second-order valence-electron chi connectivity index (χ2n) is 24.2. The van der Waals surface area contributed by atoms with Gasteiger partial charge in [-0.1, -0.05) is 273 Å². The Morgan fingerprint density at radius 2 is 0.607 bits per heavy atom. The number of esters is 4. The molecule has 84 heavy (non-hydrogen) atoms. The van der Waals surface area contributed by atoms with Gasteiger partial charge in [-0.25, -0.2) is 9.13 Å². The molecule has 0 saturated carbocycles. The summed E-state index contributed by atoms with van der Waals surface area (Å²) in [6.45, 7) is 9.41. The highest BCUT2D eigenvalue weighted by molar-refractivity contribution is 7.47. The van der Waals surface area contributed by atoms with Gasteiger partial charge in [-0.15, -0.1) is 0 Å². The lowest BCUT2D eigenvalue weighted by Crippen LogP contribution is -2.30. The van der Waals surface area contributed by atoms with Crippen LogP contribution in [-0.2, 0) is 65.4 Å². The van der Waals surface area contributed by atoms with Gasteiger partial charge >= 0.3 is 39.5 Å². The summed E-state index contributed by atoms with van der Waals surface area (Å²) in [5.74, 6) is -0.665. The number of carbonyl (C=O) groups excluding carboxylic acids is 4. The molecule has 0 aromatic heterocycles. The molecule has 17 nitrogen and oxygen atoms in total. The van der Waals surface area contributed by atoms with E-state index in [1.54, 1.807) is 0 Å². The van der Waals surface area contributed by atoms with E-state index in [1.807, 2.05) is 0 Å². The van der Waals surface area contributed by atoms with Gasteiger partial charge in [0.2, 0.25) is 0 Å². The number of unbranched alkanes of at least 4 members (excludes halogenated alkanes) is 33. The van der Waals surface area contributed by atoms with Gasteiger partial charge in [-0.3, -0.25) is 37.3 Å². The number of carbonyl (C=O) groups is 4. The van der Waals surface area contributed by atoms with Crippen LogP contribution < -0.4 is 0 Å². The number of rotatable bonds is 64. The average Bonchev–Trinajstić information content (AvgIpc) is 3.46. The van der Waals surface area contributed by atoms with Gasteiger partial charge in [0.15, 0.2) is 12.2 Å². The standard InChI is InChI=1S/C65H126O17P2/c1-7-10-12-14-16-18-19-20-21-25-29-36-42-48-63(68)76-53-60(81-64(69)49-43-37-30-26-23-22-24-27-34-40-46-58(6)9-3)55-79-83(71,72)77-51-59(66)52-78-84(73,74)80-56-61(54-75-62(67)47-41-35-28-17-15-13-11-8-2)82-65(70)50-44-38-32-31-33-39-45-57(4)5/h57-61,66H,7-56H2,1-6H3,(H,71,72)(H,73,74)/t58?,59-,60-,61-/m1/s1. The fraction of sp³-hybridized carbons (Fsp3) is 0.938. The van der Waals surface area contributed by atoms with Gasteiger partial charge in [-0.2, -0.15) is 0 Å². The quantitative estimate of drug-likeness (QED) is 0.0222. The zero-order valence-electron chi connectivity index (χ0n) is 54.2. The first-order valence-corrected chi connectivity index (χ1v) is 37.0. The van der Waals surface area contributed by atoms with Crippen LogP contribution >= 0.6 is 15.6 Å². The molecule has 0 bridgehead atoms. The Hall–Kier alpha value is -1.94. The second kappa shape index (κ2) is 57.5. The maximum Gasteiger partial charge on any atom is 0.472 e. The number of hydrogen-bond acceptors (Lipinski definition) is 15. The number of ether oxygens (including phenoxy) is 4. The lowest BCUT2D eigenvalue weighted by molar-refractivity contribution is -0.161. The molecule has 3 unspecified atom stereocenters. The first kappa shape index (κ1) is 82.1. The molecule has 0 heterocycles. The van der Waals surface area contributed by atoms with Crippen molar-refractivity contribution in [3.8, 4) is 0 Å². The SMILES string of the molecule is CCCCCCCCCCCCCCCC(=O)OC[C@H](COP(=O)(O)OC[C@@H](O)COP(=O)(O)OC[C@@H](COC(=O)CCCCCCCCCC)OC(=O)CCCCCCCCC(C)C)OC(=O)CCCCCCCCCCCCC(C)CC. The molecule has 3 N–H and O–H groups in total. The molecule has 0 aromatic rings. The average molecular weight is 1240 g/mol. The summed E-state index contributed by atoms with van der Waals surface area (Å²) in [5.41, 5.74) is 0. The van der Waals surface area contributed by atoms with Crippen LogP contribution in [0.25, 0.3) is 0 Å². The van der Waals surface area contributed by atoms with Crippen molar-refractivity contribution < 1.29 is 80.2 Å². The monoisotopic (exact) mass is 1240 g/mol. The Morgan fingerprint density at radius 1 is 0.345 bits per heavy atom. The molecule has 0 rings (SSSR count). The van der Waals surface area contributed by atoms with Gasteiger partial charge in [0, 0.05) is 25.7 Å². The summed E-state index contributed by atoms with van der Waals surface area (Å²) in [6.07, 6.45) is 40.4. The third-order valence-electron chi connectivity index (χ3n) is 15.3. The van der Waals surface area contributed by atoms with Crippen LogP contribution in [0.15, 0.2) is 0 Å². The maximum absolute atomic E-state index is 13.0. The van der Waals surface area contributed by atoms with Crippen LogP contribution in [0.1, 0.15) is 324 Å². The van der Waals surface area contributed by atoms with E-state index in [2.05, 4.69) is 41.5 Å². The molecule has 6 atom stereocenters. The molecule has 0 saturated heterocycles. The number of aliphatic hydroxyl groups is 1. The number of hydrogen-bond donors (Lipinski definition) is 3. The summed E-state index contributed by atoms with van der Waals surface area (Å²) >= 11 is 0. The van der Waals surface area contributed by atoms with Gasteiger partial charge < -0.3 is 33.8 Å². The van der Waals surface area contributed by atoms with E-state index in [0.717, 1.165) is 102 Å². The van der Waals surface area contributed by atoms with Crippen LogP contribution in [-0.4, -0.2) is 96.7 Å². The lowest BCUT2D eigenvalue weighted by Gasteiger charge is -2.21. The predicted octanol–water partition coefficient (Wildman–Crippen LogP) is 18.0. The Labute approximate surface area is 511 Å². The molecule has 0 aliphatic carbocycles. The van der Waals surface area contributed by atoms with E-state index in [-0.39, 0.29) is 25.7 Å². The summed E-state index contributed by atoms with van der Waals surface area (Å²) in [4.78, 5) is 72.2.